The Bertz CT molecular complexity index is 405. The van der Waals surface area contributed by atoms with E-state index in [9.17, 15) is 4.39 Å². The average molecular weight is 211 g/mol. The number of aromatic nitrogens is 2. The standard InChI is InChI=1S/C10H8ClFN2/c11-9-2-1-3-10(12)8(9)4-7-5-13-6-14-7/h1-3,5-6H,4H2,(H,13,14). The summed E-state index contributed by atoms with van der Waals surface area (Å²) in [7, 11) is 0. The lowest BCUT2D eigenvalue weighted by molar-refractivity contribution is 0.613. The van der Waals surface area contributed by atoms with Crippen LogP contribution in [-0.4, -0.2) is 9.97 Å². The number of nitrogens with zero attached hydrogens (tertiary/aromatic N) is 1. The number of benzene rings is 1. The van der Waals surface area contributed by atoms with E-state index in [1.54, 1.807) is 24.7 Å². The smallest absolute Gasteiger partial charge is 0.128 e. The van der Waals surface area contributed by atoms with Crippen LogP contribution in [0.5, 0.6) is 0 Å². The molecule has 2 nitrogen and oxygen atoms in total. The monoisotopic (exact) mass is 210 g/mol. The summed E-state index contributed by atoms with van der Waals surface area (Å²) in [6.07, 6.45) is 3.65. The third kappa shape index (κ3) is 1.77. The van der Waals surface area contributed by atoms with E-state index in [2.05, 4.69) is 9.97 Å². The van der Waals surface area contributed by atoms with Crippen molar-refractivity contribution in [3.05, 3.63) is 52.8 Å². The molecular formula is C10H8ClFN2. The summed E-state index contributed by atoms with van der Waals surface area (Å²) >= 11 is 5.87. The third-order valence-electron chi connectivity index (χ3n) is 1.98. The van der Waals surface area contributed by atoms with Crippen molar-refractivity contribution in [2.45, 2.75) is 6.42 Å². The third-order valence-corrected chi connectivity index (χ3v) is 2.34. The van der Waals surface area contributed by atoms with Crippen molar-refractivity contribution in [3.63, 3.8) is 0 Å². The first-order valence-corrected chi connectivity index (χ1v) is 4.55. The van der Waals surface area contributed by atoms with Crippen molar-refractivity contribution in [2.24, 2.45) is 0 Å². The first kappa shape index (κ1) is 9.21. The Morgan fingerprint density at radius 3 is 2.93 bits per heavy atom. The van der Waals surface area contributed by atoms with Gasteiger partial charge in [0.05, 0.1) is 6.33 Å². The molecule has 0 aliphatic carbocycles. The van der Waals surface area contributed by atoms with Crippen LogP contribution in [0.4, 0.5) is 4.39 Å². The van der Waals surface area contributed by atoms with E-state index in [1.165, 1.54) is 6.07 Å². The normalized spacial score (nSPS) is 10.4. The Morgan fingerprint density at radius 2 is 2.29 bits per heavy atom. The predicted octanol–water partition coefficient (Wildman–Crippen LogP) is 2.79. The second kappa shape index (κ2) is 3.80. The van der Waals surface area contributed by atoms with Gasteiger partial charge in [0.25, 0.3) is 0 Å². The van der Waals surface area contributed by atoms with Crippen molar-refractivity contribution in [1.82, 2.24) is 9.97 Å². The van der Waals surface area contributed by atoms with E-state index in [4.69, 9.17) is 11.6 Å². The van der Waals surface area contributed by atoms with Crippen LogP contribution in [0.3, 0.4) is 0 Å². The summed E-state index contributed by atoms with van der Waals surface area (Å²) in [5.74, 6) is -0.285. The first-order chi connectivity index (χ1) is 6.77. The number of imidazole rings is 1. The summed E-state index contributed by atoms with van der Waals surface area (Å²) in [5.41, 5.74) is 1.34. The molecule has 72 valence electrons. The summed E-state index contributed by atoms with van der Waals surface area (Å²) in [6, 6.07) is 4.67. The van der Waals surface area contributed by atoms with Crippen LogP contribution in [0.1, 0.15) is 11.3 Å². The van der Waals surface area contributed by atoms with E-state index in [0.717, 1.165) is 5.69 Å². The molecule has 1 heterocycles. The predicted molar refractivity (Wildman–Crippen MR) is 52.8 cm³/mol. The highest BCUT2D eigenvalue weighted by atomic mass is 35.5. The van der Waals surface area contributed by atoms with Gasteiger partial charge in [0.2, 0.25) is 0 Å². The number of H-pyrrole nitrogens is 1. The molecule has 1 N–H and O–H groups in total. The molecular weight excluding hydrogens is 203 g/mol. The lowest BCUT2D eigenvalue weighted by Crippen LogP contribution is -1.93. The fourth-order valence-corrected chi connectivity index (χ4v) is 1.50. The molecule has 2 aromatic rings. The molecule has 4 heteroatoms. The maximum atomic E-state index is 13.3. The first-order valence-electron chi connectivity index (χ1n) is 4.17. The zero-order valence-corrected chi connectivity index (χ0v) is 8.05. The molecule has 0 saturated carbocycles. The number of halogens is 2. The molecule has 0 spiro atoms. The SMILES string of the molecule is Fc1cccc(Cl)c1Cc1cnc[nH]1. The van der Waals surface area contributed by atoms with Gasteiger partial charge in [-0.1, -0.05) is 17.7 Å². The average Bonchev–Trinajstić information content (AvgIpc) is 2.64. The minimum Gasteiger partial charge on any atom is -0.348 e. The molecule has 0 radical (unpaired) electrons. The zero-order valence-electron chi connectivity index (χ0n) is 7.30. The lowest BCUT2D eigenvalue weighted by atomic mass is 10.1. The van der Waals surface area contributed by atoms with Crippen LogP contribution < -0.4 is 0 Å². The van der Waals surface area contributed by atoms with Crippen LogP contribution in [0, 0.1) is 5.82 Å². The highest BCUT2D eigenvalue weighted by Crippen LogP contribution is 2.21. The van der Waals surface area contributed by atoms with Crippen molar-refractivity contribution >= 4 is 11.6 Å². The summed E-state index contributed by atoms with van der Waals surface area (Å²) < 4.78 is 13.3. The Balaban J connectivity index is 2.33. The maximum absolute atomic E-state index is 13.3. The van der Waals surface area contributed by atoms with Gasteiger partial charge in [-0.05, 0) is 12.1 Å². The fraction of sp³-hybridized carbons (Fsp3) is 0.100. The summed E-state index contributed by atoms with van der Waals surface area (Å²) in [6.45, 7) is 0. The molecule has 14 heavy (non-hydrogen) atoms. The van der Waals surface area contributed by atoms with Crippen molar-refractivity contribution in [2.75, 3.05) is 0 Å². The minimum atomic E-state index is -0.285. The van der Waals surface area contributed by atoms with Crippen LogP contribution in [0.15, 0.2) is 30.7 Å². The van der Waals surface area contributed by atoms with Gasteiger partial charge in [-0.25, -0.2) is 9.37 Å². The molecule has 0 bridgehead atoms. The second-order valence-corrected chi connectivity index (χ2v) is 3.36. The van der Waals surface area contributed by atoms with Crippen LogP contribution in [0.25, 0.3) is 0 Å². The molecule has 1 aromatic heterocycles. The van der Waals surface area contributed by atoms with E-state index in [0.29, 0.717) is 17.0 Å². The maximum Gasteiger partial charge on any atom is 0.128 e. The zero-order chi connectivity index (χ0) is 9.97. The summed E-state index contributed by atoms with van der Waals surface area (Å²) in [5, 5.41) is 0.444. The molecule has 0 fully saturated rings. The molecule has 0 atom stereocenters. The van der Waals surface area contributed by atoms with Gasteiger partial charge >= 0.3 is 0 Å². The van der Waals surface area contributed by atoms with E-state index >= 15 is 0 Å². The Labute approximate surface area is 85.8 Å². The molecule has 0 saturated heterocycles. The fourth-order valence-electron chi connectivity index (χ4n) is 1.27. The molecule has 0 amide bonds. The van der Waals surface area contributed by atoms with Gasteiger partial charge in [-0.3, -0.25) is 0 Å². The number of nitrogens with one attached hydrogen (secondary N) is 1. The quantitative estimate of drug-likeness (QED) is 0.811. The van der Waals surface area contributed by atoms with E-state index in [-0.39, 0.29) is 5.82 Å². The van der Waals surface area contributed by atoms with Gasteiger partial charge in [0.1, 0.15) is 5.82 Å². The van der Waals surface area contributed by atoms with Gasteiger partial charge in [-0.15, -0.1) is 0 Å². The van der Waals surface area contributed by atoms with Crippen molar-refractivity contribution < 1.29 is 4.39 Å². The Kier molecular flexibility index (Phi) is 2.50. The largest absolute Gasteiger partial charge is 0.348 e. The van der Waals surface area contributed by atoms with Gasteiger partial charge in [-0.2, -0.15) is 0 Å². The lowest BCUT2D eigenvalue weighted by Gasteiger charge is -2.03. The minimum absolute atomic E-state index is 0.285. The molecule has 0 aliphatic heterocycles. The topological polar surface area (TPSA) is 28.7 Å². The van der Waals surface area contributed by atoms with E-state index in [1.807, 2.05) is 0 Å². The van der Waals surface area contributed by atoms with Crippen molar-refractivity contribution in [1.29, 1.82) is 0 Å². The Morgan fingerprint density at radius 1 is 1.43 bits per heavy atom. The summed E-state index contributed by atoms with van der Waals surface area (Å²) in [4.78, 5) is 6.76. The van der Waals surface area contributed by atoms with Crippen LogP contribution >= 0.6 is 11.6 Å². The molecule has 0 unspecified atom stereocenters. The van der Waals surface area contributed by atoms with Gasteiger partial charge in [0.15, 0.2) is 0 Å². The number of rotatable bonds is 2. The highest BCUT2D eigenvalue weighted by molar-refractivity contribution is 6.31. The number of hydrogen-bond acceptors (Lipinski definition) is 1. The molecule has 2 rings (SSSR count). The highest BCUT2D eigenvalue weighted by Gasteiger charge is 2.07. The van der Waals surface area contributed by atoms with Crippen LogP contribution in [0.2, 0.25) is 5.02 Å². The number of hydrogen-bond donors (Lipinski definition) is 1. The van der Waals surface area contributed by atoms with Gasteiger partial charge in [0, 0.05) is 28.9 Å². The van der Waals surface area contributed by atoms with Crippen molar-refractivity contribution in [3.8, 4) is 0 Å². The Hall–Kier alpha value is -1.35. The van der Waals surface area contributed by atoms with E-state index < -0.39 is 0 Å². The number of aromatic amines is 1. The molecule has 1 aromatic carbocycles. The van der Waals surface area contributed by atoms with Gasteiger partial charge < -0.3 is 4.98 Å². The second-order valence-electron chi connectivity index (χ2n) is 2.95. The van der Waals surface area contributed by atoms with Crippen LogP contribution in [-0.2, 0) is 6.42 Å². The molecule has 0 aliphatic rings.